The SMILES string of the molecule is CC(CS)N1CCC(O)(CN2CCOCC2)CC1. The molecular weight excluding hydrogens is 248 g/mol. The third-order valence-electron chi connectivity index (χ3n) is 4.24. The van der Waals surface area contributed by atoms with Crippen LogP contribution in [0.25, 0.3) is 0 Å². The van der Waals surface area contributed by atoms with E-state index in [2.05, 4.69) is 29.4 Å². The molecular formula is C13H26N2O2S. The lowest BCUT2D eigenvalue weighted by atomic mass is 9.90. The van der Waals surface area contributed by atoms with Gasteiger partial charge < -0.3 is 9.84 Å². The van der Waals surface area contributed by atoms with Gasteiger partial charge >= 0.3 is 0 Å². The molecule has 0 spiro atoms. The van der Waals surface area contributed by atoms with E-state index in [9.17, 15) is 5.11 Å². The minimum absolute atomic E-state index is 0.496. The van der Waals surface area contributed by atoms with Gasteiger partial charge in [-0.3, -0.25) is 9.80 Å². The van der Waals surface area contributed by atoms with Gasteiger partial charge in [0.2, 0.25) is 0 Å². The van der Waals surface area contributed by atoms with Crippen molar-refractivity contribution in [3.05, 3.63) is 0 Å². The minimum atomic E-state index is -0.496. The molecule has 2 aliphatic heterocycles. The Balaban J connectivity index is 1.79. The summed E-state index contributed by atoms with van der Waals surface area (Å²) in [6.45, 7) is 8.51. The third-order valence-corrected chi connectivity index (χ3v) is 4.77. The molecule has 1 atom stereocenters. The summed E-state index contributed by atoms with van der Waals surface area (Å²) in [5.41, 5.74) is -0.496. The molecule has 106 valence electrons. The predicted molar refractivity (Wildman–Crippen MR) is 76.3 cm³/mol. The van der Waals surface area contributed by atoms with E-state index >= 15 is 0 Å². The number of ether oxygens (including phenoxy) is 1. The normalized spacial score (nSPS) is 28.2. The summed E-state index contributed by atoms with van der Waals surface area (Å²) in [5, 5.41) is 10.7. The van der Waals surface area contributed by atoms with Crippen molar-refractivity contribution in [2.45, 2.75) is 31.4 Å². The summed E-state index contributed by atoms with van der Waals surface area (Å²) in [4.78, 5) is 4.77. The first kappa shape index (κ1) is 14.6. The Morgan fingerprint density at radius 3 is 2.39 bits per heavy atom. The fraction of sp³-hybridized carbons (Fsp3) is 1.00. The van der Waals surface area contributed by atoms with Gasteiger partial charge in [-0.25, -0.2) is 0 Å². The van der Waals surface area contributed by atoms with Gasteiger partial charge in [-0.15, -0.1) is 0 Å². The number of β-amino-alcohol motifs (C(OH)–C–C–N with tert-alkyl or cyclic N) is 1. The van der Waals surface area contributed by atoms with E-state index in [-0.39, 0.29) is 0 Å². The number of rotatable bonds is 4. The molecule has 0 radical (unpaired) electrons. The Labute approximate surface area is 116 Å². The summed E-state index contributed by atoms with van der Waals surface area (Å²) in [5.74, 6) is 0.891. The molecule has 4 nitrogen and oxygen atoms in total. The van der Waals surface area contributed by atoms with Crippen LogP contribution in [-0.2, 0) is 4.74 Å². The van der Waals surface area contributed by atoms with Crippen molar-refractivity contribution in [2.75, 3.05) is 51.7 Å². The van der Waals surface area contributed by atoms with E-state index in [1.807, 2.05) is 0 Å². The first-order chi connectivity index (χ1) is 8.63. The van der Waals surface area contributed by atoms with E-state index in [1.165, 1.54) is 0 Å². The van der Waals surface area contributed by atoms with Crippen LogP contribution in [0.3, 0.4) is 0 Å². The predicted octanol–water partition coefficient (Wildman–Crippen LogP) is 0.464. The van der Waals surface area contributed by atoms with Gasteiger partial charge in [0, 0.05) is 44.5 Å². The monoisotopic (exact) mass is 274 g/mol. The van der Waals surface area contributed by atoms with Gasteiger partial charge in [-0.2, -0.15) is 12.6 Å². The standard InChI is InChI=1S/C13H26N2O2S/c1-12(10-18)15-4-2-13(16,3-5-15)11-14-6-8-17-9-7-14/h12,16,18H,2-11H2,1H3. The number of hydrogen-bond acceptors (Lipinski definition) is 5. The molecule has 2 heterocycles. The van der Waals surface area contributed by atoms with Gasteiger partial charge in [0.25, 0.3) is 0 Å². The van der Waals surface area contributed by atoms with E-state index in [1.54, 1.807) is 0 Å². The fourth-order valence-electron chi connectivity index (χ4n) is 2.83. The zero-order chi connectivity index (χ0) is 13.0. The smallest absolute Gasteiger partial charge is 0.0798 e. The summed E-state index contributed by atoms with van der Waals surface area (Å²) in [6, 6.07) is 0.515. The number of nitrogens with zero attached hydrogens (tertiary/aromatic N) is 2. The molecule has 0 aromatic heterocycles. The Hall–Kier alpha value is 0.190. The summed E-state index contributed by atoms with van der Waals surface area (Å²) in [7, 11) is 0. The van der Waals surface area contributed by atoms with Crippen LogP contribution < -0.4 is 0 Å². The molecule has 2 saturated heterocycles. The average molecular weight is 274 g/mol. The molecule has 0 bridgehead atoms. The minimum Gasteiger partial charge on any atom is -0.388 e. The van der Waals surface area contributed by atoms with Gasteiger partial charge in [-0.1, -0.05) is 0 Å². The highest BCUT2D eigenvalue weighted by Crippen LogP contribution is 2.25. The maximum atomic E-state index is 10.7. The van der Waals surface area contributed by atoms with Crippen molar-refractivity contribution in [1.29, 1.82) is 0 Å². The molecule has 2 aliphatic rings. The number of morpholine rings is 1. The van der Waals surface area contributed by atoms with Crippen LogP contribution >= 0.6 is 12.6 Å². The lowest BCUT2D eigenvalue weighted by Gasteiger charge is -2.43. The second-order valence-electron chi connectivity index (χ2n) is 5.68. The molecule has 0 aromatic carbocycles. The maximum absolute atomic E-state index is 10.7. The summed E-state index contributed by atoms with van der Waals surface area (Å²) < 4.78 is 5.34. The molecule has 1 unspecified atom stereocenters. The Bertz CT molecular complexity index is 251. The van der Waals surface area contributed by atoms with Crippen molar-refractivity contribution >= 4 is 12.6 Å². The van der Waals surface area contributed by atoms with Crippen LogP contribution in [0.1, 0.15) is 19.8 Å². The zero-order valence-electron chi connectivity index (χ0n) is 11.3. The Kier molecular flexibility index (Phi) is 5.33. The highest BCUT2D eigenvalue weighted by molar-refractivity contribution is 7.80. The van der Waals surface area contributed by atoms with Gasteiger partial charge in [0.05, 0.1) is 18.8 Å². The highest BCUT2D eigenvalue weighted by Gasteiger charge is 2.35. The molecule has 18 heavy (non-hydrogen) atoms. The Morgan fingerprint density at radius 2 is 1.83 bits per heavy atom. The van der Waals surface area contributed by atoms with Crippen LogP contribution in [0, 0.1) is 0 Å². The van der Waals surface area contributed by atoms with Crippen LogP contribution in [0.15, 0.2) is 0 Å². The molecule has 0 saturated carbocycles. The zero-order valence-corrected chi connectivity index (χ0v) is 12.2. The van der Waals surface area contributed by atoms with E-state index in [0.717, 1.165) is 64.5 Å². The average Bonchev–Trinajstić information content (AvgIpc) is 2.39. The number of aliphatic hydroxyl groups is 1. The number of thiol groups is 1. The quantitative estimate of drug-likeness (QED) is 0.731. The van der Waals surface area contributed by atoms with Crippen LogP contribution in [0.2, 0.25) is 0 Å². The van der Waals surface area contributed by atoms with Crippen LogP contribution in [-0.4, -0.2) is 78.2 Å². The maximum Gasteiger partial charge on any atom is 0.0798 e. The van der Waals surface area contributed by atoms with Crippen molar-refractivity contribution in [2.24, 2.45) is 0 Å². The van der Waals surface area contributed by atoms with Crippen LogP contribution in [0.5, 0.6) is 0 Å². The summed E-state index contributed by atoms with van der Waals surface area (Å²) >= 11 is 4.35. The van der Waals surface area contributed by atoms with Crippen molar-refractivity contribution in [3.8, 4) is 0 Å². The molecule has 1 N–H and O–H groups in total. The lowest BCUT2D eigenvalue weighted by molar-refractivity contribution is -0.0670. The van der Waals surface area contributed by atoms with Crippen molar-refractivity contribution < 1.29 is 9.84 Å². The van der Waals surface area contributed by atoms with E-state index < -0.39 is 5.60 Å². The molecule has 2 rings (SSSR count). The molecule has 0 aliphatic carbocycles. The van der Waals surface area contributed by atoms with Gasteiger partial charge in [0.1, 0.15) is 0 Å². The fourth-order valence-corrected chi connectivity index (χ4v) is 3.06. The highest BCUT2D eigenvalue weighted by atomic mass is 32.1. The van der Waals surface area contributed by atoms with Gasteiger partial charge in [-0.05, 0) is 19.8 Å². The van der Waals surface area contributed by atoms with Crippen LogP contribution in [0.4, 0.5) is 0 Å². The van der Waals surface area contributed by atoms with Crippen molar-refractivity contribution in [3.63, 3.8) is 0 Å². The number of hydrogen-bond donors (Lipinski definition) is 2. The van der Waals surface area contributed by atoms with E-state index in [0.29, 0.717) is 6.04 Å². The first-order valence-electron chi connectivity index (χ1n) is 7.00. The van der Waals surface area contributed by atoms with E-state index in [4.69, 9.17) is 4.74 Å². The Morgan fingerprint density at radius 1 is 1.22 bits per heavy atom. The first-order valence-corrected chi connectivity index (χ1v) is 7.64. The summed E-state index contributed by atoms with van der Waals surface area (Å²) in [6.07, 6.45) is 1.75. The third kappa shape index (κ3) is 3.84. The second kappa shape index (κ2) is 6.57. The van der Waals surface area contributed by atoms with Gasteiger partial charge in [0.15, 0.2) is 0 Å². The number of likely N-dealkylation sites (tertiary alicyclic amines) is 1. The molecule has 5 heteroatoms. The largest absolute Gasteiger partial charge is 0.388 e. The molecule has 0 aromatic rings. The van der Waals surface area contributed by atoms with Crippen molar-refractivity contribution in [1.82, 2.24) is 9.80 Å². The topological polar surface area (TPSA) is 35.9 Å². The number of piperidine rings is 1. The molecule has 0 amide bonds. The molecule has 2 fully saturated rings. The second-order valence-corrected chi connectivity index (χ2v) is 6.05. The lowest BCUT2D eigenvalue weighted by Crippen LogP contribution is -2.54.